The lowest BCUT2D eigenvalue weighted by Gasteiger charge is -2.44. The molecule has 0 spiro atoms. The number of alkyl carbamates (subject to hydrolysis) is 1. The fraction of sp³-hybridized carbons (Fsp3) is 0.375. The van der Waals surface area contributed by atoms with Crippen molar-refractivity contribution in [1.29, 1.82) is 0 Å². The third kappa shape index (κ3) is 4.31. The molecule has 1 fully saturated rings. The van der Waals surface area contributed by atoms with E-state index in [4.69, 9.17) is 14.6 Å². The molecular weight excluding hydrogens is 412 g/mol. The Morgan fingerprint density at radius 3 is 2.25 bits per heavy atom. The zero-order valence-electron chi connectivity index (χ0n) is 17.9. The van der Waals surface area contributed by atoms with Crippen molar-refractivity contribution in [3.63, 3.8) is 0 Å². The van der Waals surface area contributed by atoms with Gasteiger partial charge in [-0.25, -0.2) is 4.79 Å². The smallest absolute Gasteiger partial charge is 0.407 e. The molecule has 2 aromatic rings. The molecule has 0 radical (unpaired) electrons. The largest absolute Gasteiger partial charge is 0.481 e. The van der Waals surface area contributed by atoms with Crippen molar-refractivity contribution in [1.82, 2.24) is 10.2 Å². The summed E-state index contributed by atoms with van der Waals surface area (Å²) < 4.78 is 10.7. The van der Waals surface area contributed by atoms with E-state index < -0.39 is 17.5 Å². The standard InChI is InChI=1S/C24H26N2O6/c1-24(22(28)29)14-26(15-24)21(27)13-31-11-10-25-23(30)32-12-20-18-8-4-2-6-16(18)17-7-3-5-9-19(17)20/h2-9,20H,10-15H2,1H3,(H,25,30)(H,28,29). The number of rotatable bonds is 8. The zero-order valence-corrected chi connectivity index (χ0v) is 17.9. The quantitative estimate of drug-likeness (QED) is 0.614. The molecule has 8 nitrogen and oxygen atoms in total. The van der Waals surface area contributed by atoms with Crippen molar-refractivity contribution in [2.45, 2.75) is 12.8 Å². The number of ether oxygens (including phenoxy) is 2. The van der Waals surface area contributed by atoms with Crippen molar-refractivity contribution in [3.8, 4) is 11.1 Å². The number of nitrogens with zero attached hydrogens (tertiary/aromatic N) is 1. The van der Waals surface area contributed by atoms with Crippen LogP contribution in [0.4, 0.5) is 4.79 Å². The van der Waals surface area contributed by atoms with Crippen LogP contribution >= 0.6 is 0 Å². The Labute approximate surface area is 186 Å². The van der Waals surface area contributed by atoms with Gasteiger partial charge in [-0.15, -0.1) is 0 Å². The molecule has 2 amide bonds. The maximum atomic E-state index is 12.1. The van der Waals surface area contributed by atoms with Crippen molar-refractivity contribution in [2.75, 3.05) is 39.5 Å². The number of amides is 2. The number of nitrogens with one attached hydrogen (secondary N) is 1. The topological polar surface area (TPSA) is 105 Å². The average Bonchev–Trinajstić information content (AvgIpc) is 3.08. The van der Waals surface area contributed by atoms with Gasteiger partial charge in [0.15, 0.2) is 0 Å². The molecule has 2 aliphatic rings. The van der Waals surface area contributed by atoms with E-state index in [9.17, 15) is 14.4 Å². The molecule has 0 atom stereocenters. The van der Waals surface area contributed by atoms with E-state index in [1.54, 1.807) is 6.92 Å². The molecule has 2 N–H and O–H groups in total. The number of carboxylic acid groups (broad SMARTS) is 1. The van der Waals surface area contributed by atoms with Gasteiger partial charge in [0.1, 0.15) is 18.6 Å². The van der Waals surface area contributed by atoms with E-state index >= 15 is 0 Å². The molecule has 32 heavy (non-hydrogen) atoms. The summed E-state index contributed by atoms with van der Waals surface area (Å²) in [4.78, 5) is 36.6. The third-order valence-corrected chi connectivity index (χ3v) is 6.03. The van der Waals surface area contributed by atoms with Gasteiger partial charge in [0.25, 0.3) is 0 Å². The third-order valence-electron chi connectivity index (χ3n) is 6.03. The van der Waals surface area contributed by atoms with E-state index in [0.717, 1.165) is 11.1 Å². The second kappa shape index (κ2) is 9.00. The minimum Gasteiger partial charge on any atom is -0.481 e. The Balaban J connectivity index is 1.16. The van der Waals surface area contributed by atoms with Crippen molar-refractivity contribution >= 4 is 18.0 Å². The minimum absolute atomic E-state index is 0.00460. The summed E-state index contributed by atoms with van der Waals surface area (Å²) in [7, 11) is 0. The second-order valence-electron chi connectivity index (χ2n) is 8.42. The molecule has 2 aromatic carbocycles. The molecule has 4 rings (SSSR count). The fourth-order valence-electron chi connectivity index (χ4n) is 4.23. The van der Waals surface area contributed by atoms with Crippen LogP contribution in [0.3, 0.4) is 0 Å². The summed E-state index contributed by atoms with van der Waals surface area (Å²) in [6.45, 7) is 2.42. The maximum Gasteiger partial charge on any atom is 0.407 e. The summed E-state index contributed by atoms with van der Waals surface area (Å²) in [5.74, 6) is -1.17. The van der Waals surface area contributed by atoms with Gasteiger partial charge in [0.2, 0.25) is 5.91 Å². The second-order valence-corrected chi connectivity index (χ2v) is 8.42. The van der Waals surface area contributed by atoms with E-state index in [2.05, 4.69) is 29.6 Å². The molecular formula is C24H26N2O6. The van der Waals surface area contributed by atoms with Crippen molar-refractivity contribution < 1.29 is 29.0 Å². The monoisotopic (exact) mass is 438 g/mol. The normalized spacial score (nSPS) is 16.0. The highest BCUT2D eigenvalue weighted by atomic mass is 16.5. The summed E-state index contributed by atoms with van der Waals surface area (Å²) in [6, 6.07) is 16.3. The highest BCUT2D eigenvalue weighted by Crippen LogP contribution is 2.44. The lowest BCUT2D eigenvalue weighted by Crippen LogP contribution is -2.61. The molecule has 0 unspecified atom stereocenters. The first-order chi connectivity index (χ1) is 15.4. The van der Waals surface area contributed by atoms with Crippen molar-refractivity contribution in [3.05, 3.63) is 59.7 Å². The summed E-state index contributed by atoms with van der Waals surface area (Å²) in [5.41, 5.74) is 3.75. The van der Waals surface area contributed by atoms with E-state index in [1.807, 2.05) is 24.3 Å². The molecule has 1 saturated heterocycles. The van der Waals surface area contributed by atoms with Crippen LogP contribution in [0.1, 0.15) is 24.0 Å². The molecule has 1 aliphatic carbocycles. The number of benzene rings is 2. The van der Waals surface area contributed by atoms with Crippen LogP contribution in [0.25, 0.3) is 11.1 Å². The van der Waals surface area contributed by atoms with Gasteiger partial charge in [-0.2, -0.15) is 0 Å². The Bertz CT molecular complexity index is 985. The van der Waals surface area contributed by atoms with Gasteiger partial charge in [0.05, 0.1) is 6.61 Å². The number of hydrogen-bond acceptors (Lipinski definition) is 5. The lowest BCUT2D eigenvalue weighted by atomic mass is 9.82. The van der Waals surface area contributed by atoms with Crippen LogP contribution in [0.15, 0.2) is 48.5 Å². The molecule has 0 bridgehead atoms. The van der Waals surface area contributed by atoms with Gasteiger partial charge in [-0.1, -0.05) is 48.5 Å². The molecule has 1 heterocycles. The molecule has 0 saturated carbocycles. The van der Waals surface area contributed by atoms with E-state index in [1.165, 1.54) is 16.0 Å². The van der Waals surface area contributed by atoms with Gasteiger partial charge in [-0.3, -0.25) is 9.59 Å². The summed E-state index contributed by atoms with van der Waals surface area (Å²) >= 11 is 0. The Morgan fingerprint density at radius 2 is 1.66 bits per heavy atom. The Hall–Kier alpha value is -3.39. The van der Waals surface area contributed by atoms with Gasteiger partial charge in [0, 0.05) is 25.6 Å². The first-order valence-corrected chi connectivity index (χ1v) is 10.6. The van der Waals surface area contributed by atoms with E-state index in [-0.39, 0.29) is 51.3 Å². The van der Waals surface area contributed by atoms with Crippen LogP contribution in [0.2, 0.25) is 0 Å². The van der Waals surface area contributed by atoms with Gasteiger partial charge < -0.3 is 24.8 Å². The summed E-state index contributed by atoms with van der Waals surface area (Å²) in [5, 5.41) is 11.7. The van der Waals surface area contributed by atoms with Crippen LogP contribution in [0.5, 0.6) is 0 Å². The number of hydrogen-bond donors (Lipinski definition) is 2. The average molecular weight is 438 g/mol. The summed E-state index contributed by atoms with van der Waals surface area (Å²) in [6.07, 6.45) is -0.540. The molecule has 1 aliphatic heterocycles. The number of carbonyl (C=O) groups is 3. The molecule has 8 heteroatoms. The van der Waals surface area contributed by atoms with Crippen LogP contribution in [0, 0.1) is 5.41 Å². The number of carbonyl (C=O) groups excluding carboxylic acids is 2. The van der Waals surface area contributed by atoms with Gasteiger partial charge in [-0.05, 0) is 29.2 Å². The number of likely N-dealkylation sites (tertiary alicyclic amines) is 1. The van der Waals surface area contributed by atoms with Crippen LogP contribution < -0.4 is 5.32 Å². The number of aliphatic carboxylic acids is 1. The first-order valence-electron chi connectivity index (χ1n) is 10.6. The zero-order chi connectivity index (χ0) is 22.7. The highest BCUT2D eigenvalue weighted by molar-refractivity contribution is 5.83. The predicted octanol–water partition coefficient (Wildman–Crippen LogP) is 2.47. The number of fused-ring (bicyclic) bond motifs is 3. The maximum absolute atomic E-state index is 12.1. The number of carboxylic acids is 1. The SMILES string of the molecule is CC1(C(=O)O)CN(C(=O)COCCNC(=O)OCC2c3ccccc3-c3ccccc32)C1. The minimum atomic E-state index is -0.908. The highest BCUT2D eigenvalue weighted by Gasteiger charge is 2.47. The van der Waals surface area contributed by atoms with Crippen molar-refractivity contribution in [2.24, 2.45) is 5.41 Å². The lowest BCUT2D eigenvalue weighted by molar-refractivity contribution is -0.165. The first kappa shape index (κ1) is 21.8. The van der Waals surface area contributed by atoms with Crippen LogP contribution in [-0.2, 0) is 19.1 Å². The molecule has 168 valence electrons. The Kier molecular flexibility index (Phi) is 6.14. The van der Waals surface area contributed by atoms with E-state index in [0.29, 0.717) is 0 Å². The van der Waals surface area contributed by atoms with Crippen LogP contribution in [-0.4, -0.2) is 67.4 Å². The molecule has 0 aromatic heterocycles. The van der Waals surface area contributed by atoms with Gasteiger partial charge >= 0.3 is 12.1 Å². The Morgan fingerprint density at radius 1 is 1.06 bits per heavy atom. The predicted molar refractivity (Wildman–Crippen MR) is 116 cm³/mol. The fourth-order valence-corrected chi connectivity index (χ4v) is 4.23.